The van der Waals surface area contributed by atoms with E-state index in [9.17, 15) is 0 Å². The molecule has 0 aromatic heterocycles. The van der Waals surface area contributed by atoms with Crippen molar-refractivity contribution in [2.45, 2.75) is 70.6 Å². The van der Waals surface area contributed by atoms with E-state index in [1.807, 2.05) is 6.92 Å². The minimum Gasteiger partial charge on any atom is -0.395 e. The summed E-state index contributed by atoms with van der Waals surface area (Å²) in [4.78, 5) is 0. The lowest BCUT2D eigenvalue weighted by atomic mass is 9.79. The molecule has 1 aliphatic rings. The molecule has 1 saturated heterocycles. The Morgan fingerprint density at radius 3 is 2.13 bits per heavy atom. The Bertz CT molecular complexity index is 198. The van der Waals surface area contributed by atoms with Gasteiger partial charge in [0, 0.05) is 23.2 Å². The lowest BCUT2D eigenvalue weighted by Gasteiger charge is -2.47. The minimum absolute atomic E-state index is 0.175. The third kappa shape index (κ3) is 4.09. The van der Waals surface area contributed by atoms with Crippen LogP contribution in [0, 0.1) is 0 Å². The second-order valence-corrected chi connectivity index (χ2v) is 6.25. The molecule has 0 aromatic rings. The fourth-order valence-electron chi connectivity index (χ4n) is 2.90. The van der Waals surface area contributed by atoms with Gasteiger partial charge in [0.15, 0.2) is 0 Å². The average Bonchev–Trinajstić information content (AvgIpc) is 1.97. The molecule has 1 heterocycles. The average molecular weight is 214 g/mol. The molecule has 0 radical (unpaired) electrons. The smallest absolute Gasteiger partial charge is 0.0582 e. The number of aliphatic hydroxyl groups excluding tert-OH is 1. The van der Waals surface area contributed by atoms with Crippen molar-refractivity contribution in [3.63, 3.8) is 0 Å². The lowest BCUT2D eigenvalue weighted by molar-refractivity contribution is 0.131. The number of hydrogen-bond donors (Lipinski definition) is 3. The quantitative estimate of drug-likeness (QED) is 0.663. The van der Waals surface area contributed by atoms with Crippen molar-refractivity contribution in [1.29, 1.82) is 0 Å². The molecular formula is C12H26N2O. The van der Waals surface area contributed by atoms with Crippen LogP contribution in [0.1, 0.15) is 47.5 Å². The molecule has 1 rings (SSSR count). The van der Waals surface area contributed by atoms with Crippen LogP contribution < -0.4 is 10.6 Å². The maximum absolute atomic E-state index is 9.05. The summed E-state index contributed by atoms with van der Waals surface area (Å²) in [6, 6.07) is 0.693. The molecule has 0 aliphatic carbocycles. The molecule has 0 saturated carbocycles. The topological polar surface area (TPSA) is 44.3 Å². The summed E-state index contributed by atoms with van der Waals surface area (Å²) in [7, 11) is 0. The van der Waals surface area contributed by atoms with Gasteiger partial charge in [-0.25, -0.2) is 0 Å². The second-order valence-electron chi connectivity index (χ2n) is 6.25. The molecule has 1 unspecified atom stereocenters. The normalized spacial score (nSPS) is 27.6. The van der Waals surface area contributed by atoms with E-state index in [2.05, 4.69) is 38.3 Å². The fraction of sp³-hybridized carbons (Fsp3) is 1.00. The van der Waals surface area contributed by atoms with Gasteiger partial charge in [-0.2, -0.15) is 0 Å². The van der Waals surface area contributed by atoms with Crippen LogP contribution in [0.5, 0.6) is 0 Å². The maximum Gasteiger partial charge on any atom is 0.0582 e. The Balaban J connectivity index is 2.59. The summed E-state index contributed by atoms with van der Waals surface area (Å²) in [5, 5.41) is 16.2. The predicted octanol–water partition coefficient (Wildman–Crippen LogP) is 1.27. The summed E-state index contributed by atoms with van der Waals surface area (Å²) < 4.78 is 0. The van der Waals surface area contributed by atoms with E-state index < -0.39 is 0 Å². The van der Waals surface area contributed by atoms with Crippen molar-refractivity contribution in [3.05, 3.63) is 0 Å². The van der Waals surface area contributed by atoms with Gasteiger partial charge in [-0.15, -0.1) is 0 Å². The van der Waals surface area contributed by atoms with E-state index in [-0.39, 0.29) is 23.7 Å². The first-order valence-electron chi connectivity index (χ1n) is 5.90. The van der Waals surface area contributed by atoms with E-state index >= 15 is 0 Å². The zero-order chi connectivity index (χ0) is 11.7. The molecule has 90 valence electrons. The number of nitrogens with one attached hydrogen (secondary N) is 2. The summed E-state index contributed by atoms with van der Waals surface area (Å²) in [6.07, 6.45) is 2.22. The summed E-state index contributed by atoms with van der Waals surface area (Å²) in [5.41, 5.74) is 0.350. The van der Waals surface area contributed by atoms with Crippen LogP contribution in [0.3, 0.4) is 0 Å². The minimum atomic E-state index is 0.175. The van der Waals surface area contributed by atoms with E-state index in [0.29, 0.717) is 6.04 Å². The summed E-state index contributed by atoms with van der Waals surface area (Å²) in [5.74, 6) is 0. The fourth-order valence-corrected chi connectivity index (χ4v) is 2.90. The Labute approximate surface area is 93.6 Å². The van der Waals surface area contributed by atoms with Gasteiger partial charge in [0.05, 0.1) is 6.61 Å². The second kappa shape index (κ2) is 4.40. The van der Waals surface area contributed by atoms with Crippen molar-refractivity contribution in [1.82, 2.24) is 10.6 Å². The molecule has 0 bridgehead atoms. The van der Waals surface area contributed by atoms with Gasteiger partial charge in [0.25, 0.3) is 0 Å². The van der Waals surface area contributed by atoms with Crippen LogP contribution >= 0.6 is 0 Å². The molecule has 1 atom stereocenters. The Kier molecular flexibility index (Phi) is 3.80. The van der Waals surface area contributed by atoms with Crippen molar-refractivity contribution in [2.75, 3.05) is 6.61 Å². The molecule has 1 aliphatic heterocycles. The van der Waals surface area contributed by atoms with E-state index in [1.54, 1.807) is 0 Å². The van der Waals surface area contributed by atoms with Gasteiger partial charge in [-0.3, -0.25) is 0 Å². The standard InChI is InChI=1S/C12H26N2O/c1-9(8-15)13-10-6-11(2,3)14-12(4,5)7-10/h9-10,13-15H,6-8H2,1-5H3. The molecular weight excluding hydrogens is 188 g/mol. The van der Waals surface area contributed by atoms with Crippen molar-refractivity contribution < 1.29 is 5.11 Å². The number of rotatable bonds is 3. The Hall–Kier alpha value is -0.120. The summed E-state index contributed by atoms with van der Waals surface area (Å²) in [6.45, 7) is 11.2. The van der Waals surface area contributed by atoms with Gasteiger partial charge in [-0.1, -0.05) is 0 Å². The van der Waals surface area contributed by atoms with Gasteiger partial charge in [-0.05, 0) is 47.5 Å². The van der Waals surface area contributed by atoms with Crippen LogP contribution in [-0.2, 0) is 0 Å². The van der Waals surface area contributed by atoms with Gasteiger partial charge in [0.2, 0.25) is 0 Å². The van der Waals surface area contributed by atoms with Crippen LogP contribution in [0.2, 0.25) is 0 Å². The highest BCUT2D eigenvalue weighted by Crippen LogP contribution is 2.28. The van der Waals surface area contributed by atoms with Crippen molar-refractivity contribution in [2.24, 2.45) is 0 Å². The highest BCUT2D eigenvalue weighted by Gasteiger charge is 2.37. The molecule has 0 spiro atoms. The van der Waals surface area contributed by atoms with Crippen molar-refractivity contribution >= 4 is 0 Å². The monoisotopic (exact) mass is 214 g/mol. The lowest BCUT2D eigenvalue weighted by Crippen LogP contribution is -2.62. The van der Waals surface area contributed by atoms with Crippen LogP contribution in [-0.4, -0.2) is 34.9 Å². The molecule has 1 fully saturated rings. The Morgan fingerprint density at radius 2 is 1.73 bits per heavy atom. The summed E-state index contributed by atoms with van der Waals surface area (Å²) >= 11 is 0. The molecule has 0 amide bonds. The van der Waals surface area contributed by atoms with E-state index in [4.69, 9.17) is 5.11 Å². The molecule has 3 nitrogen and oxygen atoms in total. The van der Waals surface area contributed by atoms with Crippen LogP contribution in [0.4, 0.5) is 0 Å². The SMILES string of the molecule is CC(CO)NC1CC(C)(C)NC(C)(C)C1. The maximum atomic E-state index is 9.05. The third-order valence-electron chi connectivity index (χ3n) is 2.98. The zero-order valence-corrected chi connectivity index (χ0v) is 10.7. The molecule has 0 aromatic carbocycles. The molecule has 3 N–H and O–H groups in total. The molecule has 3 heteroatoms. The van der Waals surface area contributed by atoms with Gasteiger partial charge < -0.3 is 15.7 Å². The largest absolute Gasteiger partial charge is 0.395 e. The molecule has 15 heavy (non-hydrogen) atoms. The first kappa shape index (κ1) is 12.9. The Morgan fingerprint density at radius 1 is 1.27 bits per heavy atom. The van der Waals surface area contributed by atoms with Gasteiger partial charge in [0.1, 0.15) is 0 Å². The highest BCUT2D eigenvalue weighted by molar-refractivity contribution is 4.99. The predicted molar refractivity (Wildman–Crippen MR) is 64.0 cm³/mol. The van der Waals surface area contributed by atoms with E-state index in [0.717, 1.165) is 12.8 Å². The number of piperidine rings is 1. The number of hydrogen-bond acceptors (Lipinski definition) is 3. The first-order chi connectivity index (χ1) is 6.74. The van der Waals surface area contributed by atoms with Crippen LogP contribution in [0.15, 0.2) is 0 Å². The highest BCUT2D eigenvalue weighted by atomic mass is 16.3. The zero-order valence-electron chi connectivity index (χ0n) is 10.7. The van der Waals surface area contributed by atoms with E-state index in [1.165, 1.54) is 0 Å². The van der Waals surface area contributed by atoms with Gasteiger partial charge >= 0.3 is 0 Å². The van der Waals surface area contributed by atoms with Crippen LogP contribution in [0.25, 0.3) is 0 Å². The third-order valence-corrected chi connectivity index (χ3v) is 2.98. The van der Waals surface area contributed by atoms with Crippen molar-refractivity contribution in [3.8, 4) is 0 Å². The number of aliphatic hydroxyl groups is 1. The first-order valence-corrected chi connectivity index (χ1v) is 5.90.